The van der Waals surface area contributed by atoms with Crippen molar-refractivity contribution in [3.63, 3.8) is 0 Å². The van der Waals surface area contributed by atoms with E-state index in [0.29, 0.717) is 25.9 Å². The lowest BCUT2D eigenvalue weighted by atomic mass is 9.97. The molecular formula is C10H16N4O3S. The number of nitrogens with zero attached hydrogens (tertiary/aromatic N) is 2. The number of H-pyrrole nitrogens is 1. The number of aromatic amines is 1. The average Bonchev–Trinajstić information content (AvgIpc) is 2.92. The molecule has 1 amide bonds. The summed E-state index contributed by atoms with van der Waals surface area (Å²) >= 11 is 0. The highest BCUT2D eigenvalue weighted by Crippen LogP contribution is 2.23. The van der Waals surface area contributed by atoms with Crippen LogP contribution >= 0.6 is 0 Å². The van der Waals surface area contributed by atoms with Gasteiger partial charge in [0.15, 0.2) is 0 Å². The molecule has 0 atom stereocenters. The molecule has 1 aliphatic rings. The number of sulfonamides is 1. The number of nitrogens with one attached hydrogen (secondary N) is 2. The van der Waals surface area contributed by atoms with Crippen molar-refractivity contribution in [3.8, 4) is 0 Å². The van der Waals surface area contributed by atoms with Crippen molar-refractivity contribution in [1.29, 1.82) is 0 Å². The number of rotatable bonds is 3. The molecule has 0 spiro atoms. The van der Waals surface area contributed by atoms with E-state index in [2.05, 4.69) is 15.5 Å². The molecular weight excluding hydrogens is 256 g/mol. The summed E-state index contributed by atoms with van der Waals surface area (Å²) in [5, 5.41) is 8.73. The van der Waals surface area contributed by atoms with Crippen LogP contribution < -0.4 is 5.32 Å². The zero-order valence-corrected chi connectivity index (χ0v) is 10.9. The Hall–Kier alpha value is -1.41. The van der Waals surface area contributed by atoms with Gasteiger partial charge in [0.05, 0.1) is 6.20 Å². The third-order valence-corrected chi connectivity index (χ3v) is 5.05. The quantitative estimate of drug-likeness (QED) is 0.779. The van der Waals surface area contributed by atoms with Gasteiger partial charge in [0, 0.05) is 32.3 Å². The number of hydrogen-bond acceptors (Lipinski definition) is 4. The molecule has 2 N–H and O–H groups in total. The van der Waals surface area contributed by atoms with E-state index < -0.39 is 10.0 Å². The van der Waals surface area contributed by atoms with E-state index in [1.165, 1.54) is 16.7 Å². The summed E-state index contributed by atoms with van der Waals surface area (Å²) in [6.07, 6.45) is 3.76. The van der Waals surface area contributed by atoms with E-state index in [-0.39, 0.29) is 16.7 Å². The molecule has 100 valence electrons. The van der Waals surface area contributed by atoms with Crippen LogP contribution in [0.2, 0.25) is 0 Å². The van der Waals surface area contributed by atoms with Crippen molar-refractivity contribution in [2.45, 2.75) is 17.7 Å². The van der Waals surface area contributed by atoms with Gasteiger partial charge in [-0.25, -0.2) is 8.42 Å². The van der Waals surface area contributed by atoms with Crippen LogP contribution in [0.25, 0.3) is 0 Å². The summed E-state index contributed by atoms with van der Waals surface area (Å²) in [5.74, 6) is -0.110. The van der Waals surface area contributed by atoms with Crippen LogP contribution in [0.1, 0.15) is 12.8 Å². The smallest absolute Gasteiger partial charge is 0.246 e. The van der Waals surface area contributed by atoms with E-state index in [9.17, 15) is 13.2 Å². The maximum atomic E-state index is 12.2. The Bertz CT molecular complexity index is 503. The van der Waals surface area contributed by atoms with Gasteiger partial charge in [-0.1, -0.05) is 0 Å². The molecule has 0 saturated carbocycles. The molecule has 1 aliphatic heterocycles. The maximum absolute atomic E-state index is 12.2. The summed E-state index contributed by atoms with van der Waals surface area (Å²) in [5.41, 5.74) is 0. The first-order chi connectivity index (χ1) is 8.55. The second-order valence-electron chi connectivity index (χ2n) is 4.23. The fraction of sp³-hybridized carbons (Fsp3) is 0.600. The topological polar surface area (TPSA) is 95.2 Å². The highest BCUT2D eigenvalue weighted by Gasteiger charge is 2.32. The number of carbonyl (C=O) groups excluding carboxylic acids is 1. The lowest BCUT2D eigenvalue weighted by Crippen LogP contribution is -2.42. The molecule has 0 aliphatic carbocycles. The molecule has 1 fully saturated rings. The largest absolute Gasteiger partial charge is 0.359 e. The molecule has 18 heavy (non-hydrogen) atoms. The Morgan fingerprint density at radius 1 is 1.50 bits per heavy atom. The van der Waals surface area contributed by atoms with Crippen molar-refractivity contribution in [2.24, 2.45) is 5.92 Å². The molecule has 0 unspecified atom stereocenters. The first kappa shape index (κ1) is 13.0. The Morgan fingerprint density at radius 2 is 2.17 bits per heavy atom. The number of amides is 1. The van der Waals surface area contributed by atoms with Gasteiger partial charge in [-0.15, -0.1) is 0 Å². The van der Waals surface area contributed by atoms with Gasteiger partial charge in [0.2, 0.25) is 15.9 Å². The van der Waals surface area contributed by atoms with Gasteiger partial charge in [-0.05, 0) is 12.8 Å². The van der Waals surface area contributed by atoms with Crippen molar-refractivity contribution < 1.29 is 13.2 Å². The molecule has 2 rings (SSSR count). The second-order valence-corrected chi connectivity index (χ2v) is 6.16. The number of piperidine rings is 1. The molecule has 1 saturated heterocycles. The fourth-order valence-corrected chi connectivity index (χ4v) is 3.47. The van der Waals surface area contributed by atoms with Crippen molar-refractivity contribution in [3.05, 3.63) is 12.4 Å². The van der Waals surface area contributed by atoms with E-state index in [0.717, 1.165) is 0 Å². The average molecular weight is 272 g/mol. The zero-order valence-electron chi connectivity index (χ0n) is 10.1. The third-order valence-electron chi connectivity index (χ3n) is 3.18. The molecule has 8 heteroatoms. The normalized spacial score (nSPS) is 18.7. The SMILES string of the molecule is CNC(=O)C1CCN(S(=O)(=O)c2cn[nH]c2)CC1. The van der Waals surface area contributed by atoms with Crippen LogP contribution in [0.5, 0.6) is 0 Å². The summed E-state index contributed by atoms with van der Waals surface area (Å²) < 4.78 is 25.7. The molecule has 0 radical (unpaired) electrons. The molecule has 0 aromatic carbocycles. The summed E-state index contributed by atoms with van der Waals surface area (Å²) in [6, 6.07) is 0. The Kier molecular flexibility index (Phi) is 3.67. The van der Waals surface area contributed by atoms with Gasteiger partial charge >= 0.3 is 0 Å². The highest BCUT2D eigenvalue weighted by molar-refractivity contribution is 7.89. The van der Waals surface area contributed by atoms with Crippen molar-refractivity contribution in [1.82, 2.24) is 19.8 Å². The molecule has 2 heterocycles. The number of carbonyl (C=O) groups is 1. The molecule has 1 aromatic heterocycles. The van der Waals surface area contributed by atoms with E-state index in [1.807, 2.05) is 0 Å². The Balaban J connectivity index is 2.04. The standard InChI is InChI=1S/C10H16N4O3S/c1-11-10(15)8-2-4-14(5-3-8)18(16,17)9-6-12-13-7-9/h6-8H,2-5H2,1H3,(H,11,15)(H,12,13). The van der Waals surface area contributed by atoms with Gasteiger partial charge in [0.1, 0.15) is 4.90 Å². The minimum atomic E-state index is -3.47. The second kappa shape index (κ2) is 5.07. The minimum absolute atomic E-state index is 0.0182. The van der Waals surface area contributed by atoms with E-state index in [1.54, 1.807) is 7.05 Å². The minimum Gasteiger partial charge on any atom is -0.359 e. The van der Waals surface area contributed by atoms with Gasteiger partial charge in [-0.2, -0.15) is 9.40 Å². The summed E-state index contributed by atoms with van der Waals surface area (Å²) in [6.45, 7) is 0.733. The van der Waals surface area contributed by atoms with Crippen molar-refractivity contribution >= 4 is 15.9 Å². The van der Waals surface area contributed by atoms with E-state index >= 15 is 0 Å². The highest BCUT2D eigenvalue weighted by atomic mass is 32.2. The lowest BCUT2D eigenvalue weighted by molar-refractivity contribution is -0.125. The van der Waals surface area contributed by atoms with E-state index in [4.69, 9.17) is 0 Å². The Morgan fingerprint density at radius 3 is 2.67 bits per heavy atom. The Labute approximate surface area is 106 Å². The van der Waals surface area contributed by atoms with Gasteiger partial charge in [-0.3, -0.25) is 9.89 Å². The number of hydrogen-bond donors (Lipinski definition) is 2. The third kappa shape index (κ3) is 2.39. The van der Waals surface area contributed by atoms with Crippen LogP contribution in [0, 0.1) is 5.92 Å². The predicted octanol–water partition coefficient (Wildman–Crippen LogP) is -0.444. The molecule has 1 aromatic rings. The van der Waals surface area contributed by atoms with Gasteiger partial charge in [0.25, 0.3) is 0 Å². The number of aromatic nitrogens is 2. The lowest BCUT2D eigenvalue weighted by Gasteiger charge is -2.29. The van der Waals surface area contributed by atoms with Crippen LogP contribution in [0.3, 0.4) is 0 Å². The first-order valence-corrected chi connectivity index (χ1v) is 7.20. The van der Waals surface area contributed by atoms with Crippen LogP contribution in [0.4, 0.5) is 0 Å². The molecule has 7 nitrogen and oxygen atoms in total. The molecule has 0 bridgehead atoms. The summed E-state index contributed by atoms with van der Waals surface area (Å²) in [4.78, 5) is 11.6. The van der Waals surface area contributed by atoms with Gasteiger partial charge < -0.3 is 5.32 Å². The summed E-state index contributed by atoms with van der Waals surface area (Å²) in [7, 11) is -1.87. The zero-order chi connectivity index (χ0) is 13.2. The van der Waals surface area contributed by atoms with Crippen LogP contribution in [-0.2, 0) is 14.8 Å². The fourth-order valence-electron chi connectivity index (χ4n) is 2.09. The first-order valence-electron chi connectivity index (χ1n) is 5.76. The van der Waals surface area contributed by atoms with Crippen LogP contribution in [0.15, 0.2) is 17.3 Å². The predicted molar refractivity (Wildman–Crippen MR) is 64.1 cm³/mol. The monoisotopic (exact) mass is 272 g/mol. The van der Waals surface area contributed by atoms with Crippen molar-refractivity contribution in [2.75, 3.05) is 20.1 Å². The maximum Gasteiger partial charge on any atom is 0.246 e. The van der Waals surface area contributed by atoms with Crippen LogP contribution in [-0.4, -0.2) is 49.0 Å².